The zero-order valence-corrected chi connectivity index (χ0v) is 11.8. The van der Waals surface area contributed by atoms with Crippen LogP contribution < -0.4 is 5.73 Å². The second-order valence-corrected chi connectivity index (χ2v) is 5.02. The van der Waals surface area contributed by atoms with E-state index in [0.29, 0.717) is 11.7 Å². The summed E-state index contributed by atoms with van der Waals surface area (Å²) in [5, 5.41) is 7.16. The Balaban J connectivity index is 2.56. The number of rotatable bonds is 3. The molecule has 5 heteroatoms. The molecule has 0 amide bonds. The first-order chi connectivity index (χ1) is 9.06. The van der Waals surface area contributed by atoms with E-state index >= 15 is 0 Å². The van der Waals surface area contributed by atoms with E-state index in [1.807, 2.05) is 6.92 Å². The Labute approximate surface area is 114 Å². The van der Waals surface area contributed by atoms with E-state index in [1.54, 1.807) is 6.08 Å². The first kappa shape index (κ1) is 13.7. The number of nitrogens with one attached hydrogen (secondary N) is 1. The highest BCUT2D eigenvalue weighted by atomic mass is 15.1. The molecule has 0 bridgehead atoms. The number of fused-ring (bicyclic) bond motifs is 1. The van der Waals surface area contributed by atoms with Crippen LogP contribution in [-0.2, 0) is 19.4 Å². The Morgan fingerprint density at radius 3 is 2.89 bits per heavy atom. The molecule has 0 fully saturated rings. The van der Waals surface area contributed by atoms with E-state index < -0.39 is 0 Å². The highest BCUT2D eigenvalue weighted by Crippen LogP contribution is 2.25. The van der Waals surface area contributed by atoms with Gasteiger partial charge in [0.1, 0.15) is 5.82 Å². The molecule has 5 nitrogen and oxygen atoms in total. The third-order valence-corrected chi connectivity index (χ3v) is 3.64. The maximum absolute atomic E-state index is 7.16. The van der Waals surface area contributed by atoms with Crippen molar-refractivity contribution in [2.24, 2.45) is 5.73 Å². The van der Waals surface area contributed by atoms with Gasteiger partial charge in [0.05, 0.1) is 17.1 Å². The Kier molecular flexibility index (Phi) is 3.95. The van der Waals surface area contributed by atoms with Gasteiger partial charge in [0, 0.05) is 30.8 Å². The van der Waals surface area contributed by atoms with Gasteiger partial charge in [-0.2, -0.15) is 0 Å². The lowest BCUT2D eigenvalue weighted by atomic mass is 9.96. The molecule has 0 aromatic carbocycles. The minimum absolute atomic E-state index is 0.454. The molecule has 0 radical (unpaired) electrons. The Hall–Kier alpha value is -1.75. The minimum atomic E-state index is 0.454. The zero-order chi connectivity index (χ0) is 14.0. The van der Waals surface area contributed by atoms with Crippen LogP contribution in [0, 0.1) is 5.41 Å². The molecule has 3 N–H and O–H groups in total. The molecule has 1 aromatic heterocycles. The van der Waals surface area contributed by atoms with Gasteiger partial charge in [0.2, 0.25) is 0 Å². The van der Waals surface area contributed by atoms with E-state index in [2.05, 4.69) is 28.8 Å². The highest BCUT2D eigenvalue weighted by Gasteiger charge is 2.25. The molecule has 0 aliphatic carbocycles. The van der Waals surface area contributed by atoms with Crippen LogP contribution in [0.2, 0.25) is 0 Å². The third kappa shape index (κ3) is 2.66. The van der Waals surface area contributed by atoms with Crippen molar-refractivity contribution in [3.63, 3.8) is 0 Å². The van der Waals surface area contributed by atoms with Crippen molar-refractivity contribution < 1.29 is 0 Å². The predicted molar refractivity (Wildman–Crippen MR) is 77.0 cm³/mol. The molecule has 1 aliphatic rings. The first-order valence-corrected chi connectivity index (χ1v) is 6.62. The quantitative estimate of drug-likeness (QED) is 0.803. The van der Waals surface area contributed by atoms with Crippen LogP contribution in [-0.4, -0.2) is 34.2 Å². The lowest BCUT2D eigenvalue weighted by molar-refractivity contribution is 0.226. The summed E-state index contributed by atoms with van der Waals surface area (Å²) in [7, 11) is 2.11. The predicted octanol–water partition coefficient (Wildman–Crippen LogP) is 1.36. The normalized spacial score (nSPS) is 20.2. The molecule has 2 heterocycles. The number of nitrogens with two attached hydrogens (primary N) is 1. The number of hydrogen-bond acceptors (Lipinski definition) is 5. The average molecular weight is 259 g/mol. The van der Waals surface area contributed by atoms with Gasteiger partial charge in [-0.25, -0.2) is 9.97 Å². The van der Waals surface area contributed by atoms with Crippen LogP contribution in [0.15, 0.2) is 6.08 Å². The standard InChI is InChI=1S/C14H21N5/c1-4-13-17-12-8-19(3)9(2)7-10(12)14(18-13)11(16)5-6-15/h5-6,9,15H,4,7-8,16H2,1-3H3/b11-5-,15-6?. The van der Waals surface area contributed by atoms with E-state index in [-0.39, 0.29) is 0 Å². The van der Waals surface area contributed by atoms with Gasteiger partial charge in [-0.3, -0.25) is 4.90 Å². The number of nitrogens with zero attached hydrogens (tertiary/aromatic N) is 3. The van der Waals surface area contributed by atoms with Crippen LogP contribution >= 0.6 is 0 Å². The van der Waals surface area contributed by atoms with Gasteiger partial charge < -0.3 is 11.1 Å². The summed E-state index contributed by atoms with van der Waals surface area (Å²) in [6, 6.07) is 0.454. The van der Waals surface area contributed by atoms with Gasteiger partial charge in [0.15, 0.2) is 0 Å². The summed E-state index contributed by atoms with van der Waals surface area (Å²) >= 11 is 0. The van der Waals surface area contributed by atoms with Crippen LogP contribution in [0.1, 0.15) is 36.6 Å². The maximum Gasteiger partial charge on any atom is 0.129 e. The number of aromatic nitrogens is 2. The monoisotopic (exact) mass is 259 g/mol. The zero-order valence-electron chi connectivity index (χ0n) is 11.8. The van der Waals surface area contributed by atoms with Crippen LogP contribution in [0.4, 0.5) is 0 Å². The lowest BCUT2D eigenvalue weighted by Gasteiger charge is -2.32. The molecule has 0 spiro atoms. The van der Waals surface area contributed by atoms with Crippen molar-refractivity contribution in [1.29, 1.82) is 5.41 Å². The summed E-state index contributed by atoms with van der Waals surface area (Å²) in [4.78, 5) is 11.5. The summed E-state index contributed by atoms with van der Waals surface area (Å²) < 4.78 is 0. The first-order valence-electron chi connectivity index (χ1n) is 6.62. The summed E-state index contributed by atoms with van der Waals surface area (Å²) in [6.07, 6.45) is 4.48. The Bertz CT molecular complexity index is 521. The molecule has 2 rings (SSSR count). The molecule has 0 saturated carbocycles. The molecule has 0 saturated heterocycles. The van der Waals surface area contributed by atoms with Crippen LogP contribution in [0.5, 0.6) is 0 Å². The fraction of sp³-hybridized carbons (Fsp3) is 0.500. The van der Waals surface area contributed by atoms with Gasteiger partial charge in [0.25, 0.3) is 0 Å². The van der Waals surface area contributed by atoms with Crippen LogP contribution in [0.25, 0.3) is 5.70 Å². The molecule has 1 unspecified atom stereocenters. The Morgan fingerprint density at radius 1 is 1.53 bits per heavy atom. The van der Waals surface area contributed by atoms with Crippen molar-refractivity contribution in [3.05, 3.63) is 28.9 Å². The fourth-order valence-electron chi connectivity index (χ4n) is 2.34. The van der Waals surface area contributed by atoms with Crippen molar-refractivity contribution in [2.45, 2.75) is 39.3 Å². The summed E-state index contributed by atoms with van der Waals surface area (Å²) in [5.74, 6) is 0.818. The van der Waals surface area contributed by atoms with Gasteiger partial charge >= 0.3 is 0 Å². The van der Waals surface area contributed by atoms with E-state index in [4.69, 9.17) is 11.1 Å². The lowest BCUT2D eigenvalue weighted by Crippen LogP contribution is -2.37. The maximum atomic E-state index is 7.16. The number of allylic oxidation sites excluding steroid dienone is 1. The average Bonchev–Trinajstić information content (AvgIpc) is 2.39. The number of hydrogen-bond donors (Lipinski definition) is 2. The third-order valence-electron chi connectivity index (χ3n) is 3.64. The molecule has 1 atom stereocenters. The molecular weight excluding hydrogens is 238 g/mol. The summed E-state index contributed by atoms with van der Waals surface area (Å²) in [6.45, 7) is 5.06. The molecule has 1 aliphatic heterocycles. The largest absolute Gasteiger partial charge is 0.397 e. The van der Waals surface area contributed by atoms with Crippen LogP contribution in [0.3, 0.4) is 0 Å². The van der Waals surface area contributed by atoms with Crippen molar-refractivity contribution in [3.8, 4) is 0 Å². The van der Waals surface area contributed by atoms with E-state index in [0.717, 1.165) is 42.2 Å². The second-order valence-electron chi connectivity index (χ2n) is 5.02. The van der Waals surface area contributed by atoms with Gasteiger partial charge in [-0.15, -0.1) is 0 Å². The van der Waals surface area contributed by atoms with Gasteiger partial charge in [-0.05, 0) is 26.5 Å². The topological polar surface area (TPSA) is 78.9 Å². The highest BCUT2D eigenvalue weighted by molar-refractivity contribution is 5.81. The summed E-state index contributed by atoms with van der Waals surface area (Å²) in [5.41, 5.74) is 9.62. The fourth-order valence-corrected chi connectivity index (χ4v) is 2.34. The molecule has 19 heavy (non-hydrogen) atoms. The van der Waals surface area contributed by atoms with E-state index in [9.17, 15) is 0 Å². The SMILES string of the molecule is CCc1nc2c(c(/C(N)=C/C=N)n1)CC(C)N(C)C2. The molecular formula is C14H21N5. The smallest absolute Gasteiger partial charge is 0.129 e. The Morgan fingerprint density at radius 2 is 2.26 bits per heavy atom. The van der Waals surface area contributed by atoms with E-state index in [1.165, 1.54) is 6.21 Å². The number of aryl methyl sites for hydroxylation is 1. The van der Waals surface area contributed by atoms with Crippen molar-refractivity contribution in [1.82, 2.24) is 14.9 Å². The molecule has 1 aromatic rings. The van der Waals surface area contributed by atoms with Crippen molar-refractivity contribution in [2.75, 3.05) is 7.05 Å². The molecule has 102 valence electrons. The number of likely N-dealkylation sites (N-methyl/N-ethyl adjacent to an activating group) is 1. The minimum Gasteiger partial charge on any atom is -0.397 e. The van der Waals surface area contributed by atoms with Crippen molar-refractivity contribution >= 4 is 11.9 Å². The van der Waals surface area contributed by atoms with Gasteiger partial charge in [-0.1, -0.05) is 6.92 Å². The second kappa shape index (κ2) is 5.48.